The van der Waals surface area contributed by atoms with Crippen molar-refractivity contribution in [1.82, 2.24) is 10.2 Å². The van der Waals surface area contributed by atoms with Gasteiger partial charge >= 0.3 is 0 Å². The number of carbonyl (C=O) groups is 1. The van der Waals surface area contributed by atoms with Crippen LogP contribution in [0.4, 0.5) is 0 Å². The molecule has 1 N–H and O–H groups in total. The highest BCUT2D eigenvalue weighted by Gasteiger charge is 2.25. The fourth-order valence-corrected chi connectivity index (χ4v) is 1.76. The highest BCUT2D eigenvalue weighted by molar-refractivity contribution is 9.11. The van der Waals surface area contributed by atoms with E-state index in [-0.39, 0.29) is 12.0 Å². The van der Waals surface area contributed by atoms with Gasteiger partial charge in [0.15, 0.2) is 0 Å². The molecule has 0 saturated carbocycles. The van der Waals surface area contributed by atoms with Crippen molar-refractivity contribution >= 4 is 21.8 Å². The van der Waals surface area contributed by atoms with Crippen molar-refractivity contribution < 1.29 is 9.53 Å². The average molecular weight is 263 g/mol. The lowest BCUT2D eigenvalue weighted by molar-refractivity contribution is -0.137. The Labute approximate surface area is 92.4 Å². The van der Waals surface area contributed by atoms with E-state index in [4.69, 9.17) is 4.74 Å². The number of hydrogen-bond donors (Lipinski definition) is 1. The number of likely N-dealkylation sites (N-methyl/N-ethyl adjacent to an activating group) is 1. The van der Waals surface area contributed by atoms with Gasteiger partial charge in [0.2, 0.25) is 5.91 Å². The Balaban J connectivity index is 2.43. The molecule has 1 rings (SSSR count). The van der Waals surface area contributed by atoms with E-state index in [0.29, 0.717) is 13.2 Å². The molecule has 0 aliphatic carbocycles. The van der Waals surface area contributed by atoms with E-state index < -0.39 is 0 Å². The average Bonchev–Trinajstić information content (AvgIpc) is 2.16. The molecule has 0 bridgehead atoms. The maximum absolute atomic E-state index is 11.3. The summed E-state index contributed by atoms with van der Waals surface area (Å²) in [6.45, 7) is 6.60. The Morgan fingerprint density at radius 1 is 1.79 bits per heavy atom. The smallest absolute Gasteiger partial charge is 0.250 e. The lowest BCUT2D eigenvalue weighted by atomic mass is 10.2. The van der Waals surface area contributed by atoms with Gasteiger partial charge in [-0.3, -0.25) is 9.69 Å². The minimum absolute atomic E-state index is 0.0603. The molecule has 1 amide bonds. The monoisotopic (exact) mass is 262 g/mol. The molecule has 80 valence electrons. The van der Waals surface area contributed by atoms with Crippen LogP contribution in [0.3, 0.4) is 0 Å². The maximum Gasteiger partial charge on any atom is 0.250 e. The molecule has 1 aliphatic rings. The van der Waals surface area contributed by atoms with Crippen molar-refractivity contribution in [3.63, 3.8) is 0 Å². The van der Waals surface area contributed by atoms with Crippen LogP contribution >= 0.6 is 15.9 Å². The van der Waals surface area contributed by atoms with Gasteiger partial charge in [0.05, 0.1) is 6.61 Å². The summed E-state index contributed by atoms with van der Waals surface area (Å²) in [5.74, 6) is -0.0603. The summed E-state index contributed by atoms with van der Waals surface area (Å²) >= 11 is 3.31. The van der Waals surface area contributed by atoms with Crippen LogP contribution in [0.15, 0.2) is 11.1 Å². The molecule has 0 aromatic rings. The largest absolute Gasteiger partial charge is 0.366 e. The standard InChI is InChI=1S/C9H15BrN2O2/c1-7(10)5-12-3-4-14-8(6-12)9(13)11-2/h8H,1,3-6H2,2H3,(H,11,13). The Morgan fingerprint density at radius 3 is 3.07 bits per heavy atom. The van der Waals surface area contributed by atoms with Gasteiger partial charge in [-0.25, -0.2) is 0 Å². The third-order valence-corrected chi connectivity index (χ3v) is 2.34. The number of amides is 1. The fourth-order valence-electron chi connectivity index (χ4n) is 1.41. The zero-order valence-electron chi connectivity index (χ0n) is 8.25. The molecule has 4 nitrogen and oxygen atoms in total. The number of nitrogens with zero attached hydrogens (tertiary/aromatic N) is 1. The quantitative estimate of drug-likeness (QED) is 0.798. The van der Waals surface area contributed by atoms with Crippen molar-refractivity contribution in [2.24, 2.45) is 0 Å². The van der Waals surface area contributed by atoms with Gasteiger partial charge in [0.1, 0.15) is 6.10 Å². The molecule has 0 aromatic carbocycles. The maximum atomic E-state index is 11.3. The van der Waals surface area contributed by atoms with Crippen LogP contribution in [-0.4, -0.2) is 50.2 Å². The van der Waals surface area contributed by atoms with E-state index in [1.165, 1.54) is 0 Å². The molecule has 1 heterocycles. The van der Waals surface area contributed by atoms with Crippen molar-refractivity contribution in [2.45, 2.75) is 6.10 Å². The minimum atomic E-state index is -0.347. The summed E-state index contributed by atoms with van der Waals surface area (Å²) in [4.78, 5) is 13.4. The number of carbonyl (C=O) groups excluding carboxylic acids is 1. The summed E-state index contributed by atoms with van der Waals surface area (Å²) in [5, 5.41) is 2.58. The predicted molar refractivity (Wildman–Crippen MR) is 58.3 cm³/mol. The lowest BCUT2D eigenvalue weighted by Crippen LogP contribution is -2.49. The Morgan fingerprint density at radius 2 is 2.50 bits per heavy atom. The molecule has 1 fully saturated rings. The molecule has 0 aromatic heterocycles. The minimum Gasteiger partial charge on any atom is -0.366 e. The van der Waals surface area contributed by atoms with Gasteiger partial charge in [-0.1, -0.05) is 22.5 Å². The number of rotatable bonds is 3. The van der Waals surface area contributed by atoms with Crippen LogP contribution in [0.5, 0.6) is 0 Å². The predicted octanol–water partition coefficient (Wildman–Crippen LogP) is 0.342. The van der Waals surface area contributed by atoms with E-state index >= 15 is 0 Å². The van der Waals surface area contributed by atoms with Gasteiger partial charge in [-0.05, 0) is 0 Å². The SMILES string of the molecule is C=C(Br)CN1CCOC(C(=O)NC)C1. The highest BCUT2D eigenvalue weighted by Crippen LogP contribution is 2.10. The first-order chi connectivity index (χ1) is 6.63. The van der Waals surface area contributed by atoms with E-state index in [0.717, 1.165) is 17.6 Å². The van der Waals surface area contributed by atoms with Gasteiger partial charge in [-0.15, -0.1) is 0 Å². The van der Waals surface area contributed by atoms with E-state index in [1.807, 2.05) is 0 Å². The second-order valence-corrected chi connectivity index (χ2v) is 4.35. The van der Waals surface area contributed by atoms with E-state index in [9.17, 15) is 4.79 Å². The van der Waals surface area contributed by atoms with Gasteiger partial charge in [0, 0.05) is 31.2 Å². The van der Waals surface area contributed by atoms with Crippen LogP contribution < -0.4 is 5.32 Å². The summed E-state index contributed by atoms with van der Waals surface area (Å²) in [5.41, 5.74) is 0. The van der Waals surface area contributed by atoms with Crippen LogP contribution in [-0.2, 0) is 9.53 Å². The van der Waals surface area contributed by atoms with Crippen LogP contribution in [0, 0.1) is 0 Å². The van der Waals surface area contributed by atoms with Crippen LogP contribution in [0.1, 0.15) is 0 Å². The number of morpholine rings is 1. The van der Waals surface area contributed by atoms with Crippen LogP contribution in [0.2, 0.25) is 0 Å². The molecule has 5 heteroatoms. The summed E-state index contributed by atoms with van der Waals surface area (Å²) < 4.78 is 6.27. The van der Waals surface area contributed by atoms with E-state index in [1.54, 1.807) is 7.05 Å². The zero-order valence-corrected chi connectivity index (χ0v) is 9.84. The van der Waals surface area contributed by atoms with Crippen LogP contribution in [0.25, 0.3) is 0 Å². The first-order valence-electron chi connectivity index (χ1n) is 4.52. The fraction of sp³-hybridized carbons (Fsp3) is 0.667. The molecular formula is C9H15BrN2O2. The second-order valence-electron chi connectivity index (χ2n) is 3.23. The molecule has 1 aliphatic heterocycles. The summed E-state index contributed by atoms with van der Waals surface area (Å²) in [7, 11) is 1.62. The first kappa shape index (κ1) is 11.7. The van der Waals surface area contributed by atoms with Crippen molar-refractivity contribution in [3.8, 4) is 0 Å². The van der Waals surface area contributed by atoms with Crippen molar-refractivity contribution in [3.05, 3.63) is 11.1 Å². The number of halogens is 1. The molecule has 0 radical (unpaired) electrons. The van der Waals surface area contributed by atoms with Crippen molar-refractivity contribution in [2.75, 3.05) is 33.3 Å². The Bertz CT molecular complexity index is 233. The zero-order chi connectivity index (χ0) is 10.6. The van der Waals surface area contributed by atoms with Crippen molar-refractivity contribution in [1.29, 1.82) is 0 Å². The number of hydrogen-bond acceptors (Lipinski definition) is 3. The Kier molecular flexibility index (Phi) is 4.57. The van der Waals surface area contributed by atoms with Gasteiger partial charge < -0.3 is 10.1 Å². The number of nitrogens with one attached hydrogen (secondary N) is 1. The summed E-state index contributed by atoms with van der Waals surface area (Å²) in [6.07, 6.45) is -0.347. The molecule has 0 spiro atoms. The normalized spacial score (nSPS) is 23.1. The highest BCUT2D eigenvalue weighted by atomic mass is 79.9. The molecular weight excluding hydrogens is 248 g/mol. The number of ether oxygens (including phenoxy) is 1. The first-order valence-corrected chi connectivity index (χ1v) is 5.31. The second kappa shape index (κ2) is 5.48. The van der Waals surface area contributed by atoms with Gasteiger partial charge in [-0.2, -0.15) is 0 Å². The summed E-state index contributed by atoms with van der Waals surface area (Å²) in [6, 6.07) is 0. The molecule has 14 heavy (non-hydrogen) atoms. The van der Waals surface area contributed by atoms with Gasteiger partial charge in [0.25, 0.3) is 0 Å². The van der Waals surface area contributed by atoms with E-state index in [2.05, 4.69) is 32.7 Å². The Hall–Kier alpha value is -0.390. The molecule has 1 saturated heterocycles. The molecule has 1 unspecified atom stereocenters. The molecule has 1 atom stereocenters. The third kappa shape index (κ3) is 3.40. The lowest BCUT2D eigenvalue weighted by Gasteiger charge is -2.31. The topological polar surface area (TPSA) is 41.6 Å². The third-order valence-electron chi connectivity index (χ3n) is 2.08.